The fourth-order valence-corrected chi connectivity index (χ4v) is 2.67. The predicted octanol–water partition coefficient (Wildman–Crippen LogP) is 1.20. The SMILES string of the molecule is CNCC1CCN(c2n[nH]c(-c3cnoc3C)n2)CC1. The number of piperidine rings is 1. The van der Waals surface area contributed by atoms with Gasteiger partial charge in [-0.3, -0.25) is 5.10 Å². The Morgan fingerprint density at radius 1 is 1.45 bits per heavy atom. The van der Waals surface area contributed by atoms with Crippen LogP contribution < -0.4 is 10.2 Å². The molecule has 0 atom stereocenters. The Labute approximate surface area is 117 Å². The van der Waals surface area contributed by atoms with Crippen molar-refractivity contribution < 1.29 is 4.52 Å². The second kappa shape index (κ2) is 5.62. The second-order valence-corrected chi connectivity index (χ2v) is 5.27. The van der Waals surface area contributed by atoms with Crippen molar-refractivity contribution in [2.45, 2.75) is 19.8 Å². The third-order valence-electron chi connectivity index (χ3n) is 3.87. The lowest BCUT2D eigenvalue weighted by Crippen LogP contribution is -2.37. The molecule has 2 aromatic heterocycles. The number of rotatable bonds is 4. The number of nitrogens with one attached hydrogen (secondary N) is 2. The summed E-state index contributed by atoms with van der Waals surface area (Å²) >= 11 is 0. The Bertz CT molecular complexity index is 555. The third kappa shape index (κ3) is 2.53. The standard InChI is InChI=1S/C13H20N6O/c1-9-11(8-15-20-9)12-16-13(18-17-12)19-5-3-10(4-6-19)7-14-2/h8,10,14H,3-7H2,1-2H3,(H,16,17,18). The molecular weight excluding hydrogens is 256 g/mol. The van der Waals surface area contributed by atoms with E-state index in [1.54, 1.807) is 6.20 Å². The average molecular weight is 276 g/mol. The van der Waals surface area contributed by atoms with Crippen LogP contribution in [-0.4, -0.2) is 47.0 Å². The average Bonchev–Trinajstić information content (AvgIpc) is 3.08. The minimum Gasteiger partial charge on any atom is -0.361 e. The summed E-state index contributed by atoms with van der Waals surface area (Å²) in [5, 5.41) is 14.3. The van der Waals surface area contributed by atoms with E-state index in [1.807, 2.05) is 14.0 Å². The highest BCUT2D eigenvalue weighted by Gasteiger charge is 2.22. The molecule has 108 valence electrons. The largest absolute Gasteiger partial charge is 0.361 e. The van der Waals surface area contributed by atoms with Gasteiger partial charge in [0.25, 0.3) is 0 Å². The van der Waals surface area contributed by atoms with E-state index in [1.165, 1.54) is 12.8 Å². The number of aromatic amines is 1. The van der Waals surface area contributed by atoms with E-state index in [2.05, 4.69) is 30.6 Å². The fraction of sp³-hybridized carbons (Fsp3) is 0.615. The van der Waals surface area contributed by atoms with E-state index >= 15 is 0 Å². The van der Waals surface area contributed by atoms with Crippen LogP contribution in [0.25, 0.3) is 11.4 Å². The van der Waals surface area contributed by atoms with Gasteiger partial charge in [-0.2, -0.15) is 4.98 Å². The van der Waals surface area contributed by atoms with E-state index in [4.69, 9.17) is 4.52 Å². The molecule has 3 rings (SSSR count). The van der Waals surface area contributed by atoms with Gasteiger partial charge in [-0.05, 0) is 39.3 Å². The normalized spacial score (nSPS) is 16.8. The smallest absolute Gasteiger partial charge is 0.245 e. The summed E-state index contributed by atoms with van der Waals surface area (Å²) in [5.41, 5.74) is 0.869. The van der Waals surface area contributed by atoms with Crippen LogP contribution in [-0.2, 0) is 0 Å². The van der Waals surface area contributed by atoms with Gasteiger partial charge < -0.3 is 14.7 Å². The van der Waals surface area contributed by atoms with Crippen molar-refractivity contribution in [3.05, 3.63) is 12.0 Å². The van der Waals surface area contributed by atoms with E-state index in [9.17, 15) is 0 Å². The molecule has 0 unspecified atom stereocenters. The second-order valence-electron chi connectivity index (χ2n) is 5.27. The Morgan fingerprint density at radius 3 is 2.90 bits per heavy atom. The third-order valence-corrected chi connectivity index (χ3v) is 3.87. The maximum Gasteiger partial charge on any atom is 0.245 e. The van der Waals surface area contributed by atoms with Crippen molar-refractivity contribution in [3.8, 4) is 11.4 Å². The minimum absolute atomic E-state index is 0.719. The fourth-order valence-electron chi connectivity index (χ4n) is 2.67. The van der Waals surface area contributed by atoms with Crippen LogP contribution in [0.2, 0.25) is 0 Å². The molecule has 20 heavy (non-hydrogen) atoms. The van der Waals surface area contributed by atoms with Gasteiger partial charge in [0, 0.05) is 13.1 Å². The zero-order valence-electron chi connectivity index (χ0n) is 11.9. The van der Waals surface area contributed by atoms with Crippen LogP contribution in [0.4, 0.5) is 5.95 Å². The van der Waals surface area contributed by atoms with E-state index in [0.29, 0.717) is 0 Å². The molecule has 1 aliphatic heterocycles. The molecule has 0 aliphatic carbocycles. The van der Waals surface area contributed by atoms with Gasteiger partial charge in [0.2, 0.25) is 5.95 Å². The zero-order valence-corrected chi connectivity index (χ0v) is 11.9. The van der Waals surface area contributed by atoms with Crippen LogP contribution in [0.1, 0.15) is 18.6 Å². The number of anilines is 1. The maximum atomic E-state index is 5.06. The number of aryl methyl sites for hydroxylation is 1. The topological polar surface area (TPSA) is 82.9 Å². The molecule has 3 heterocycles. The molecule has 1 saturated heterocycles. The highest BCUT2D eigenvalue weighted by atomic mass is 16.5. The summed E-state index contributed by atoms with van der Waals surface area (Å²) in [7, 11) is 2.01. The van der Waals surface area contributed by atoms with Gasteiger partial charge >= 0.3 is 0 Å². The van der Waals surface area contributed by atoms with Crippen LogP contribution in [0, 0.1) is 12.8 Å². The van der Waals surface area contributed by atoms with Crippen molar-refractivity contribution in [1.82, 2.24) is 25.7 Å². The number of hydrogen-bond donors (Lipinski definition) is 2. The molecule has 0 spiro atoms. The zero-order chi connectivity index (χ0) is 13.9. The Balaban J connectivity index is 1.68. The lowest BCUT2D eigenvalue weighted by Gasteiger charge is -2.30. The van der Waals surface area contributed by atoms with Crippen molar-refractivity contribution in [1.29, 1.82) is 0 Å². The molecule has 0 aromatic carbocycles. The van der Waals surface area contributed by atoms with Crippen LogP contribution in [0.15, 0.2) is 10.7 Å². The first kappa shape index (κ1) is 13.1. The molecular formula is C13H20N6O. The Kier molecular flexibility index (Phi) is 3.68. The molecule has 0 bridgehead atoms. The molecule has 0 saturated carbocycles. The molecule has 0 amide bonds. The number of nitrogens with zero attached hydrogens (tertiary/aromatic N) is 4. The van der Waals surface area contributed by atoms with Crippen molar-refractivity contribution in [2.75, 3.05) is 31.6 Å². The van der Waals surface area contributed by atoms with Crippen LogP contribution in [0.3, 0.4) is 0 Å². The first-order valence-corrected chi connectivity index (χ1v) is 7.01. The molecule has 7 nitrogen and oxygen atoms in total. The minimum atomic E-state index is 0.719. The summed E-state index contributed by atoms with van der Waals surface area (Å²) < 4.78 is 5.06. The lowest BCUT2D eigenvalue weighted by molar-refractivity contribution is 0.391. The monoisotopic (exact) mass is 276 g/mol. The maximum absolute atomic E-state index is 5.06. The van der Waals surface area contributed by atoms with Gasteiger partial charge in [0.15, 0.2) is 5.82 Å². The number of H-pyrrole nitrogens is 1. The van der Waals surface area contributed by atoms with Gasteiger partial charge in [-0.15, -0.1) is 5.10 Å². The van der Waals surface area contributed by atoms with Crippen LogP contribution >= 0.6 is 0 Å². The highest BCUT2D eigenvalue weighted by molar-refractivity contribution is 5.57. The number of hydrogen-bond acceptors (Lipinski definition) is 6. The summed E-state index contributed by atoms with van der Waals surface area (Å²) in [6.07, 6.45) is 4.02. The molecule has 2 N–H and O–H groups in total. The summed E-state index contributed by atoms with van der Waals surface area (Å²) in [4.78, 5) is 6.78. The first-order valence-electron chi connectivity index (χ1n) is 7.01. The van der Waals surface area contributed by atoms with Gasteiger partial charge in [0.1, 0.15) is 5.76 Å². The predicted molar refractivity (Wildman–Crippen MR) is 75.5 cm³/mol. The summed E-state index contributed by atoms with van der Waals surface area (Å²) in [5.74, 6) is 3.00. The molecule has 1 fully saturated rings. The quantitative estimate of drug-likeness (QED) is 0.873. The summed E-state index contributed by atoms with van der Waals surface area (Å²) in [6.45, 7) is 4.97. The van der Waals surface area contributed by atoms with Crippen molar-refractivity contribution in [2.24, 2.45) is 5.92 Å². The number of aromatic nitrogens is 4. The Hall–Kier alpha value is -1.89. The van der Waals surface area contributed by atoms with Crippen LogP contribution in [0.5, 0.6) is 0 Å². The van der Waals surface area contributed by atoms with Gasteiger partial charge in [-0.1, -0.05) is 5.16 Å². The van der Waals surface area contributed by atoms with E-state index < -0.39 is 0 Å². The van der Waals surface area contributed by atoms with E-state index in [0.717, 1.165) is 48.6 Å². The molecule has 1 aliphatic rings. The highest BCUT2D eigenvalue weighted by Crippen LogP contribution is 2.24. The first-order chi connectivity index (χ1) is 9.78. The van der Waals surface area contributed by atoms with Crippen molar-refractivity contribution in [3.63, 3.8) is 0 Å². The van der Waals surface area contributed by atoms with Gasteiger partial charge in [0.05, 0.1) is 11.8 Å². The van der Waals surface area contributed by atoms with Gasteiger partial charge in [-0.25, -0.2) is 0 Å². The summed E-state index contributed by atoms with van der Waals surface area (Å²) in [6, 6.07) is 0. The van der Waals surface area contributed by atoms with E-state index in [-0.39, 0.29) is 0 Å². The molecule has 0 radical (unpaired) electrons. The Morgan fingerprint density at radius 2 is 2.25 bits per heavy atom. The lowest BCUT2D eigenvalue weighted by atomic mass is 9.97. The molecule has 7 heteroatoms. The van der Waals surface area contributed by atoms with Crippen molar-refractivity contribution >= 4 is 5.95 Å². The molecule has 2 aromatic rings.